The second-order valence-electron chi connectivity index (χ2n) is 4.91. The van der Waals surface area contributed by atoms with Crippen molar-refractivity contribution in [3.05, 3.63) is 53.2 Å². The Balaban J connectivity index is 1.95. The third-order valence-electron chi connectivity index (χ3n) is 3.78. The van der Waals surface area contributed by atoms with E-state index in [2.05, 4.69) is 22.4 Å². The molecule has 0 aromatic carbocycles. The highest BCUT2D eigenvalue weighted by Crippen LogP contribution is 2.40. The summed E-state index contributed by atoms with van der Waals surface area (Å²) >= 11 is 0. The van der Waals surface area contributed by atoms with E-state index in [-0.39, 0.29) is 6.04 Å². The fraction of sp³-hybridized carbons (Fsp3) is 0.400. The van der Waals surface area contributed by atoms with Gasteiger partial charge in [-0.1, -0.05) is 6.07 Å². The summed E-state index contributed by atoms with van der Waals surface area (Å²) < 4.78 is 5.77. The van der Waals surface area contributed by atoms with Crippen molar-refractivity contribution in [1.82, 2.24) is 10.3 Å². The van der Waals surface area contributed by atoms with Crippen molar-refractivity contribution in [2.45, 2.75) is 31.7 Å². The Morgan fingerprint density at radius 1 is 1.39 bits per heavy atom. The summed E-state index contributed by atoms with van der Waals surface area (Å²) in [4.78, 5) is 4.56. The molecule has 1 aliphatic carbocycles. The number of aryl methyl sites for hydroxylation is 2. The molecule has 3 heteroatoms. The van der Waals surface area contributed by atoms with Crippen LogP contribution in [0.15, 0.2) is 34.9 Å². The number of furan rings is 1. The maximum atomic E-state index is 5.77. The van der Waals surface area contributed by atoms with E-state index in [0.29, 0.717) is 5.92 Å². The number of nitrogens with zero attached hydrogens (tertiary/aromatic N) is 1. The summed E-state index contributed by atoms with van der Waals surface area (Å²) in [6.07, 6.45) is 4.14. The number of likely N-dealkylation sites (N-methyl/N-ethyl adjacent to an activating group) is 1. The Kier molecular flexibility index (Phi) is 2.92. The van der Waals surface area contributed by atoms with Crippen LogP contribution in [0.3, 0.4) is 0 Å². The van der Waals surface area contributed by atoms with Crippen molar-refractivity contribution in [2.75, 3.05) is 7.05 Å². The van der Waals surface area contributed by atoms with Gasteiger partial charge >= 0.3 is 0 Å². The van der Waals surface area contributed by atoms with Crippen LogP contribution < -0.4 is 5.32 Å². The van der Waals surface area contributed by atoms with Gasteiger partial charge in [-0.15, -0.1) is 0 Å². The van der Waals surface area contributed by atoms with Crippen molar-refractivity contribution in [1.29, 1.82) is 0 Å². The monoisotopic (exact) mass is 242 g/mol. The first-order valence-corrected chi connectivity index (χ1v) is 6.47. The van der Waals surface area contributed by atoms with Gasteiger partial charge in [0, 0.05) is 17.8 Å². The molecule has 2 unspecified atom stereocenters. The number of rotatable bonds is 3. The second kappa shape index (κ2) is 4.58. The molecular weight excluding hydrogens is 224 g/mol. The maximum Gasteiger partial charge on any atom is 0.121 e. The summed E-state index contributed by atoms with van der Waals surface area (Å²) in [5.41, 5.74) is 2.61. The Morgan fingerprint density at radius 3 is 3.00 bits per heavy atom. The van der Waals surface area contributed by atoms with Crippen LogP contribution >= 0.6 is 0 Å². The first-order valence-electron chi connectivity index (χ1n) is 6.47. The number of aromatic nitrogens is 1. The molecule has 2 atom stereocenters. The van der Waals surface area contributed by atoms with E-state index in [4.69, 9.17) is 4.42 Å². The number of pyridine rings is 1. The fourth-order valence-electron chi connectivity index (χ4n) is 2.93. The predicted molar refractivity (Wildman–Crippen MR) is 70.5 cm³/mol. The van der Waals surface area contributed by atoms with Crippen LogP contribution in [0.5, 0.6) is 0 Å². The lowest BCUT2D eigenvalue weighted by atomic mass is 9.95. The van der Waals surface area contributed by atoms with Crippen molar-refractivity contribution >= 4 is 0 Å². The lowest BCUT2D eigenvalue weighted by Crippen LogP contribution is -2.22. The number of hydrogen-bond donors (Lipinski definition) is 1. The van der Waals surface area contributed by atoms with E-state index in [9.17, 15) is 0 Å². The van der Waals surface area contributed by atoms with Gasteiger partial charge in [0.1, 0.15) is 11.5 Å². The molecule has 0 radical (unpaired) electrons. The van der Waals surface area contributed by atoms with Crippen LogP contribution in [0.1, 0.15) is 41.2 Å². The average Bonchev–Trinajstić information content (AvgIpc) is 2.98. The maximum absolute atomic E-state index is 5.77. The van der Waals surface area contributed by atoms with Gasteiger partial charge < -0.3 is 9.73 Å². The molecule has 1 N–H and O–H groups in total. The molecule has 3 nitrogen and oxygen atoms in total. The molecule has 3 rings (SSSR count). The topological polar surface area (TPSA) is 38.1 Å². The van der Waals surface area contributed by atoms with E-state index in [1.54, 1.807) is 0 Å². The van der Waals surface area contributed by atoms with Crippen LogP contribution in [-0.4, -0.2) is 12.0 Å². The van der Waals surface area contributed by atoms with Crippen molar-refractivity contribution in [2.24, 2.45) is 0 Å². The minimum atomic E-state index is 0.217. The third-order valence-corrected chi connectivity index (χ3v) is 3.78. The van der Waals surface area contributed by atoms with E-state index in [0.717, 1.165) is 24.4 Å². The van der Waals surface area contributed by atoms with Crippen molar-refractivity contribution in [3.63, 3.8) is 0 Å². The quantitative estimate of drug-likeness (QED) is 0.899. The fourth-order valence-corrected chi connectivity index (χ4v) is 2.93. The van der Waals surface area contributed by atoms with Gasteiger partial charge in [0.15, 0.2) is 0 Å². The molecule has 0 saturated heterocycles. The lowest BCUT2D eigenvalue weighted by molar-refractivity contribution is 0.369. The van der Waals surface area contributed by atoms with Gasteiger partial charge in [-0.05, 0) is 50.6 Å². The molecule has 0 amide bonds. The molecule has 0 fully saturated rings. The van der Waals surface area contributed by atoms with Crippen LogP contribution in [-0.2, 0) is 6.42 Å². The Bertz CT molecular complexity index is 547. The minimum Gasteiger partial charge on any atom is -0.465 e. The lowest BCUT2D eigenvalue weighted by Gasteiger charge is -2.21. The third kappa shape index (κ3) is 1.85. The highest BCUT2D eigenvalue weighted by Gasteiger charge is 2.32. The largest absolute Gasteiger partial charge is 0.465 e. The van der Waals surface area contributed by atoms with E-state index in [1.165, 1.54) is 11.3 Å². The molecule has 2 aromatic rings. The van der Waals surface area contributed by atoms with Gasteiger partial charge in [-0.2, -0.15) is 0 Å². The first kappa shape index (κ1) is 11.5. The molecule has 1 aliphatic rings. The summed E-state index contributed by atoms with van der Waals surface area (Å²) in [5.74, 6) is 2.39. The van der Waals surface area contributed by atoms with Crippen molar-refractivity contribution in [3.8, 4) is 0 Å². The smallest absolute Gasteiger partial charge is 0.121 e. The van der Waals surface area contributed by atoms with Crippen LogP contribution in [0.2, 0.25) is 0 Å². The predicted octanol–water partition coefficient (Wildman–Crippen LogP) is 2.97. The van der Waals surface area contributed by atoms with Crippen LogP contribution in [0.25, 0.3) is 0 Å². The number of hydrogen-bond acceptors (Lipinski definition) is 3. The summed E-state index contributed by atoms with van der Waals surface area (Å²) in [7, 11) is 1.99. The summed E-state index contributed by atoms with van der Waals surface area (Å²) in [6.45, 7) is 1.98. The van der Waals surface area contributed by atoms with E-state index in [1.807, 2.05) is 32.3 Å². The van der Waals surface area contributed by atoms with Crippen LogP contribution in [0.4, 0.5) is 0 Å². The van der Waals surface area contributed by atoms with E-state index < -0.39 is 0 Å². The molecule has 0 spiro atoms. The molecule has 0 bridgehead atoms. The first-order chi connectivity index (χ1) is 8.79. The molecule has 2 heterocycles. The van der Waals surface area contributed by atoms with E-state index >= 15 is 0 Å². The normalized spacial score (nSPS) is 19.8. The second-order valence-corrected chi connectivity index (χ2v) is 4.91. The molecule has 0 saturated carbocycles. The number of nitrogens with one attached hydrogen (secondary N) is 1. The zero-order chi connectivity index (χ0) is 12.5. The standard InChI is InChI=1S/C15H18N2O/c1-10-5-8-13(18-10)15(16-2)12-7-6-11-4-3-9-17-14(11)12/h3-5,8-9,12,15-16H,6-7H2,1-2H3. The molecule has 94 valence electrons. The molecule has 0 aliphatic heterocycles. The number of fused-ring (bicyclic) bond motifs is 1. The highest BCUT2D eigenvalue weighted by atomic mass is 16.3. The Morgan fingerprint density at radius 2 is 2.28 bits per heavy atom. The summed E-state index contributed by atoms with van der Waals surface area (Å²) in [5, 5.41) is 3.38. The van der Waals surface area contributed by atoms with Gasteiger partial charge in [0.25, 0.3) is 0 Å². The average molecular weight is 242 g/mol. The van der Waals surface area contributed by atoms with Gasteiger partial charge in [-0.25, -0.2) is 0 Å². The van der Waals surface area contributed by atoms with Crippen molar-refractivity contribution < 1.29 is 4.42 Å². The van der Waals surface area contributed by atoms with Gasteiger partial charge in [0.05, 0.1) is 6.04 Å². The molecular formula is C15H18N2O. The van der Waals surface area contributed by atoms with Gasteiger partial charge in [-0.3, -0.25) is 4.98 Å². The SMILES string of the molecule is CNC(c1ccc(C)o1)C1CCc2cccnc21. The highest BCUT2D eigenvalue weighted by molar-refractivity contribution is 5.31. The zero-order valence-electron chi connectivity index (χ0n) is 10.8. The molecule has 2 aromatic heterocycles. The van der Waals surface area contributed by atoms with Crippen LogP contribution in [0, 0.1) is 6.92 Å². The zero-order valence-corrected chi connectivity index (χ0v) is 10.8. The molecule has 18 heavy (non-hydrogen) atoms. The van der Waals surface area contributed by atoms with Gasteiger partial charge in [0.2, 0.25) is 0 Å². The minimum absolute atomic E-state index is 0.217. The Hall–Kier alpha value is -1.61. The Labute approximate surface area is 107 Å². The summed E-state index contributed by atoms with van der Waals surface area (Å²) in [6, 6.07) is 8.51.